The molecule has 0 radical (unpaired) electrons. The summed E-state index contributed by atoms with van der Waals surface area (Å²) in [5, 5.41) is 3.98. The molecule has 6 heteroatoms. The SMILES string of the molecule is CC[C@H](C(=O)N1CCC[C@H]1c1nc(N(C)C)no1)c1ccccc1. The van der Waals surface area contributed by atoms with Crippen LogP contribution in [0.15, 0.2) is 34.9 Å². The third-order valence-electron chi connectivity index (χ3n) is 4.56. The Morgan fingerprint density at radius 3 is 2.75 bits per heavy atom. The molecule has 2 aromatic rings. The van der Waals surface area contributed by atoms with Crippen LogP contribution in [-0.4, -0.2) is 41.6 Å². The number of aromatic nitrogens is 2. The first-order valence-corrected chi connectivity index (χ1v) is 8.48. The van der Waals surface area contributed by atoms with Gasteiger partial charge in [0.05, 0.1) is 5.92 Å². The lowest BCUT2D eigenvalue weighted by molar-refractivity contribution is -0.134. The van der Waals surface area contributed by atoms with E-state index >= 15 is 0 Å². The highest BCUT2D eigenvalue weighted by Gasteiger charge is 2.37. The molecule has 6 nitrogen and oxygen atoms in total. The number of carbonyl (C=O) groups excluding carboxylic acids is 1. The number of benzene rings is 1. The van der Waals surface area contributed by atoms with Gasteiger partial charge in [-0.05, 0) is 30.0 Å². The summed E-state index contributed by atoms with van der Waals surface area (Å²) in [7, 11) is 3.74. The number of hydrogen-bond donors (Lipinski definition) is 0. The fraction of sp³-hybridized carbons (Fsp3) is 0.500. The standard InChI is InChI=1S/C18H24N4O2/c1-4-14(13-9-6-5-7-10-13)17(23)22-12-8-11-15(22)16-19-18(20-24-16)21(2)3/h5-7,9-10,14-15H,4,8,11-12H2,1-3H3/t14-,15-/m0/s1. The zero-order valence-electron chi connectivity index (χ0n) is 14.5. The molecule has 1 aromatic carbocycles. The van der Waals surface area contributed by atoms with Crippen molar-refractivity contribution in [3.8, 4) is 0 Å². The minimum Gasteiger partial charge on any atom is -0.344 e. The van der Waals surface area contributed by atoms with Crippen molar-refractivity contribution in [2.24, 2.45) is 0 Å². The fourth-order valence-electron chi connectivity index (χ4n) is 3.27. The third-order valence-corrected chi connectivity index (χ3v) is 4.56. The summed E-state index contributed by atoms with van der Waals surface area (Å²) in [4.78, 5) is 21.3. The Morgan fingerprint density at radius 1 is 1.38 bits per heavy atom. The van der Waals surface area contributed by atoms with E-state index in [-0.39, 0.29) is 17.9 Å². The first kappa shape index (κ1) is 16.5. The van der Waals surface area contributed by atoms with Crippen LogP contribution in [0.25, 0.3) is 0 Å². The lowest BCUT2D eigenvalue weighted by Gasteiger charge is -2.26. The van der Waals surface area contributed by atoms with Gasteiger partial charge in [-0.3, -0.25) is 4.79 Å². The topological polar surface area (TPSA) is 62.5 Å². The van der Waals surface area contributed by atoms with E-state index in [4.69, 9.17) is 4.52 Å². The van der Waals surface area contributed by atoms with Gasteiger partial charge in [-0.15, -0.1) is 0 Å². The van der Waals surface area contributed by atoms with Gasteiger partial charge < -0.3 is 14.3 Å². The molecular weight excluding hydrogens is 304 g/mol. The van der Waals surface area contributed by atoms with Crippen molar-refractivity contribution in [1.29, 1.82) is 0 Å². The molecule has 0 bridgehead atoms. The van der Waals surface area contributed by atoms with Crippen molar-refractivity contribution in [3.05, 3.63) is 41.8 Å². The smallest absolute Gasteiger partial charge is 0.265 e. The Morgan fingerprint density at radius 2 is 2.12 bits per heavy atom. The van der Waals surface area contributed by atoms with Gasteiger partial charge in [-0.1, -0.05) is 37.3 Å². The van der Waals surface area contributed by atoms with Gasteiger partial charge in [0.25, 0.3) is 11.8 Å². The molecule has 1 amide bonds. The summed E-state index contributed by atoms with van der Waals surface area (Å²) in [6.45, 7) is 2.80. The first-order valence-electron chi connectivity index (χ1n) is 8.48. The minimum atomic E-state index is -0.122. The van der Waals surface area contributed by atoms with E-state index in [1.165, 1.54) is 0 Å². The molecule has 1 aromatic heterocycles. The van der Waals surface area contributed by atoms with Crippen LogP contribution in [0.4, 0.5) is 5.95 Å². The molecule has 1 aliphatic rings. The van der Waals surface area contributed by atoms with Crippen LogP contribution in [0, 0.1) is 0 Å². The second-order valence-electron chi connectivity index (χ2n) is 6.39. The molecule has 1 saturated heterocycles. The maximum atomic E-state index is 13.1. The van der Waals surface area contributed by atoms with Crippen molar-refractivity contribution in [1.82, 2.24) is 15.0 Å². The molecular formula is C18H24N4O2. The van der Waals surface area contributed by atoms with E-state index in [9.17, 15) is 4.79 Å². The molecule has 0 N–H and O–H groups in total. The second-order valence-corrected chi connectivity index (χ2v) is 6.39. The Hall–Kier alpha value is -2.37. The van der Waals surface area contributed by atoms with Crippen LogP contribution >= 0.6 is 0 Å². The zero-order valence-corrected chi connectivity index (χ0v) is 14.5. The predicted molar refractivity (Wildman–Crippen MR) is 91.8 cm³/mol. The van der Waals surface area contributed by atoms with Gasteiger partial charge in [0, 0.05) is 20.6 Å². The number of hydrogen-bond acceptors (Lipinski definition) is 5. The molecule has 2 atom stereocenters. The van der Waals surface area contributed by atoms with Crippen molar-refractivity contribution < 1.29 is 9.32 Å². The summed E-state index contributed by atoms with van der Waals surface area (Å²) >= 11 is 0. The summed E-state index contributed by atoms with van der Waals surface area (Å²) < 4.78 is 5.41. The highest BCUT2D eigenvalue weighted by molar-refractivity contribution is 5.84. The van der Waals surface area contributed by atoms with Crippen LogP contribution in [-0.2, 0) is 4.79 Å². The van der Waals surface area contributed by atoms with Gasteiger partial charge >= 0.3 is 0 Å². The maximum Gasteiger partial charge on any atom is 0.265 e. The highest BCUT2D eigenvalue weighted by atomic mass is 16.5. The van der Waals surface area contributed by atoms with Crippen molar-refractivity contribution in [2.75, 3.05) is 25.5 Å². The number of rotatable bonds is 5. The number of carbonyl (C=O) groups is 1. The zero-order chi connectivity index (χ0) is 17.1. The molecule has 1 fully saturated rings. The van der Waals surface area contributed by atoms with Gasteiger partial charge in [-0.2, -0.15) is 4.98 Å². The Bertz CT molecular complexity index is 683. The number of nitrogens with zero attached hydrogens (tertiary/aromatic N) is 4. The van der Waals surface area contributed by atoms with Crippen LogP contribution in [0.2, 0.25) is 0 Å². The van der Waals surface area contributed by atoms with Gasteiger partial charge in [0.1, 0.15) is 6.04 Å². The molecule has 0 unspecified atom stereocenters. The highest BCUT2D eigenvalue weighted by Crippen LogP contribution is 2.35. The molecule has 0 aliphatic carbocycles. The molecule has 2 heterocycles. The largest absolute Gasteiger partial charge is 0.344 e. The molecule has 0 saturated carbocycles. The second kappa shape index (κ2) is 7.03. The van der Waals surface area contributed by atoms with Crippen molar-refractivity contribution in [3.63, 3.8) is 0 Å². The molecule has 0 spiro atoms. The molecule has 1 aliphatic heterocycles. The minimum absolute atomic E-state index is 0.114. The van der Waals surface area contributed by atoms with E-state index < -0.39 is 0 Å². The Kier molecular flexibility index (Phi) is 4.83. The lowest BCUT2D eigenvalue weighted by atomic mass is 9.94. The van der Waals surface area contributed by atoms with E-state index in [1.54, 1.807) is 4.90 Å². The molecule has 24 heavy (non-hydrogen) atoms. The molecule has 3 rings (SSSR count). The van der Waals surface area contributed by atoms with Gasteiger partial charge in [0.2, 0.25) is 5.91 Å². The normalized spacial score (nSPS) is 18.6. The summed E-state index contributed by atoms with van der Waals surface area (Å²) in [5.74, 6) is 1.10. The van der Waals surface area contributed by atoms with Crippen LogP contribution in [0.3, 0.4) is 0 Å². The average molecular weight is 328 g/mol. The first-order chi connectivity index (χ1) is 11.6. The van der Waals surface area contributed by atoms with Crippen LogP contribution < -0.4 is 4.90 Å². The van der Waals surface area contributed by atoms with E-state index in [0.29, 0.717) is 11.8 Å². The van der Waals surface area contributed by atoms with E-state index in [0.717, 1.165) is 31.4 Å². The number of likely N-dealkylation sites (tertiary alicyclic amines) is 1. The van der Waals surface area contributed by atoms with Gasteiger partial charge in [0.15, 0.2) is 0 Å². The summed E-state index contributed by atoms with van der Waals surface area (Å²) in [5.41, 5.74) is 1.06. The number of amides is 1. The lowest BCUT2D eigenvalue weighted by Crippen LogP contribution is -2.34. The summed E-state index contributed by atoms with van der Waals surface area (Å²) in [6.07, 6.45) is 2.60. The molecule has 128 valence electrons. The van der Waals surface area contributed by atoms with E-state index in [2.05, 4.69) is 17.1 Å². The fourth-order valence-corrected chi connectivity index (χ4v) is 3.27. The van der Waals surface area contributed by atoms with E-state index in [1.807, 2.05) is 49.3 Å². The number of anilines is 1. The average Bonchev–Trinajstić information content (AvgIpc) is 3.25. The van der Waals surface area contributed by atoms with Crippen LogP contribution in [0.1, 0.15) is 49.6 Å². The quantitative estimate of drug-likeness (QED) is 0.844. The monoisotopic (exact) mass is 328 g/mol. The Balaban J connectivity index is 1.82. The third kappa shape index (κ3) is 3.13. The van der Waals surface area contributed by atoms with Gasteiger partial charge in [-0.25, -0.2) is 0 Å². The van der Waals surface area contributed by atoms with Crippen LogP contribution in [0.5, 0.6) is 0 Å². The predicted octanol–water partition coefficient (Wildman–Crippen LogP) is 2.99. The summed E-state index contributed by atoms with van der Waals surface area (Å²) in [6, 6.07) is 9.86. The Labute approximate surface area is 142 Å². The maximum absolute atomic E-state index is 13.1. The van der Waals surface area contributed by atoms with Crippen molar-refractivity contribution in [2.45, 2.75) is 38.1 Å². The van der Waals surface area contributed by atoms with Crippen molar-refractivity contribution >= 4 is 11.9 Å².